The van der Waals surface area contributed by atoms with Crippen molar-refractivity contribution < 1.29 is 9.13 Å². The summed E-state index contributed by atoms with van der Waals surface area (Å²) >= 11 is 0. The molecule has 1 aliphatic rings. The van der Waals surface area contributed by atoms with Crippen molar-refractivity contribution in [3.8, 4) is 0 Å². The van der Waals surface area contributed by atoms with E-state index < -0.39 is 0 Å². The molecule has 3 heteroatoms. The summed E-state index contributed by atoms with van der Waals surface area (Å²) in [6.45, 7) is 3.06. The number of hydrogen-bond acceptors (Lipinski definition) is 2. The fraction of sp³-hybridized carbons (Fsp3) is 1.00. The highest BCUT2D eigenvalue weighted by molar-refractivity contribution is 4.70. The fourth-order valence-corrected chi connectivity index (χ4v) is 0.963. The van der Waals surface area contributed by atoms with Gasteiger partial charge in [-0.25, -0.2) is 4.39 Å². The van der Waals surface area contributed by atoms with E-state index in [2.05, 4.69) is 5.32 Å². The van der Waals surface area contributed by atoms with Crippen LogP contribution in [0.4, 0.5) is 4.39 Å². The molecule has 1 N–H and O–H groups in total. The Morgan fingerprint density at radius 1 is 1.67 bits per heavy atom. The van der Waals surface area contributed by atoms with Crippen LogP contribution in [0, 0.1) is 0 Å². The number of ether oxygens (including phenoxy) is 1. The van der Waals surface area contributed by atoms with Gasteiger partial charge in [-0.3, -0.25) is 0 Å². The zero-order valence-electron chi connectivity index (χ0n) is 5.56. The quantitative estimate of drug-likeness (QED) is 0.556. The summed E-state index contributed by atoms with van der Waals surface area (Å²) in [5, 5.41) is 3.07. The predicted molar refractivity (Wildman–Crippen MR) is 33.2 cm³/mol. The molecule has 0 aromatic carbocycles. The third-order valence-electron chi connectivity index (χ3n) is 1.40. The largest absolute Gasteiger partial charge is 0.370 e. The van der Waals surface area contributed by atoms with E-state index in [-0.39, 0.29) is 18.9 Å². The molecule has 1 saturated heterocycles. The Labute approximate surface area is 54.4 Å². The average Bonchev–Trinajstić information content (AvgIpc) is 1.88. The second-order valence-corrected chi connectivity index (χ2v) is 2.38. The lowest BCUT2D eigenvalue weighted by atomic mass is 10.3. The summed E-state index contributed by atoms with van der Waals surface area (Å²) in [6, 6.07) is 0. The highest BCUT2D eigenvalue weighted by Gasteiger charge is 2.17. The predicted octanol–water partition coefficient (Wildman–Crippen LogP) is 0.333. The third-order valence-corrected chi connectivity index (χ3v) is 1.40. The number of rotatable bonds is 1. The smallest absolute Gasteiger partial charge is 0.117 e. The van der Waals surface area contributed by atoms with Gasteiger partial charge in [0.15, 0.2) is 0 Å². The number of morpholine rings is 1. The Bertz CT molecular complexity index is 89.1. The lowest BCUT2D eigenvalue weighted by Gasteiger charge is -2.26. The summed E-state index contributed by atoms with van der Waals surface area (Å²) < 4.78 is 17.1. The van der Waals surface area contributed by atoms with E-state index in [4.69, 9.17) is 4.74 Å². The van der Waals surface area contributed by atoms with Crippen LogP contribution >= 0.6 is 0 Å². The van der Waals surface area contributed by atoms with Crippen LogP contribution in [0.25, 0.3) is 0 Å². The molecule has 0 aromatic rings. The second-order valence-electron chi connectivity index (χ2n) is 2.38. The zero-order chi connectivity index (χ0) is 6.69. The van der Waals surface area contributed by atoms with E-state index in [1.54, 1.807) is 0 Å². The van der Waals surface area contributed by atoms with Gasteiger partial charge in [0, 0.05) is 13.1 Å². The number of alkyl halides is 1. The molecule has 1 rings (SSSR count). The van der Waals surface area contributed by atoms with E-state index in [0.29, 0.717) is 6.54 Å². The number of hydrogen-bond donors (Lipinski definition) is 1. The molecule has 0 bridgehead atoms. The minimum absolute atomic E-state index is 0.166. The van der Waals surface area contributed by atoms with Crippen molar-refractivity contribution in [2.75, 3.05) is 19.8 Å². The van der Waals surface area contributed by atoms with E-state index >= 15 is 0 Å². The molecule has 1 heterocycles. The van der Waals surface area contributed by atoms with Gasteiger partial charge in [-0.05, 0) is 6.92 Å². The molecule has 0 aromatic heterocycles. The Kier molecular flexibility index (Phi) is 2.42. The first-order valence-electron chi connectivity index (χ1n) is 3.25. The van der Waals surface area contributed by atoms with Gasteiger partial charge >= 0.3 is 0 Å². The first-order valence-corrected chi connectivity index (χ1v) is 3.25. The summed E-state index contributed by atoms with van der Waals surface area (Å²) in [5.74, 6) is 0. The van der Waals surface area contributed by atoms with Crippen LogP contribution in [0.5, 0.6) is 0 Å². The SMILES string of the molecule is CC1CNCC(CF)O1. The molecular weight excluding hydrogens is 121 g/mol. The van der Waals surface area contributed by atoms with Gasteiger partial charge in [0.25, 0.3) is 0 Å². The topological polar surface area (TPSA) is 21.3 Å². The van der Waals surface area contributed by atoms with Crippen molar-refractivity contribution in [1.82, 2.24) is 5.32 Å². The molecule has 0 saturated carbocycles. The molecule has 0 spiro atoms. The zero-order valence-corrected chi connectivity index (χ0v) is 5.56. The number of nitrogens with one attached hydrogen (secondary N) is 1. The summed E-state index contributed by atoms with van der Waals surface area (Å²) in [5.41, 5.74) is 0. The third kappa shape index (κ3) is 1.91. The molecule has 2 atom stereocenters. The van der Waals surface area contributed by atoms with Crippen LogP contribution in [0.1, 0.15) is 6.92 Å². The monoisotopic (exact) mass is 133 g/mol. The molecule has 2 nitrogen and oxygen atoms in total. The van der Waals surface area contributed by atoms with Gasteiger partial charge in [0.05, 0.1) is 12.2 Å². The van der Waals surface area contributed by atoms with Crippen molar-refractivity contribution in [3.63, 3.8) is 0 Å². The van der Waals surface area contributed by atoms with Gasteiger partial charge < -0.3 is 10.1 Å². The highest BCUT2D eigenvalue weighted by atomic mass is 19.1. The average molecular weight is 133 g/mol. The van der Waals surface area contributed by atoms with Crippen LogP contribution in [-0.2, 0) is 4.74 Å². The van der Waals surface area contributed by atoms with Crippen LogP contribution in [-0.4, -0.2) is 32.0 Å². The maximum Gasteiger partial charge on any atom is 0.117 e. The standard InChI is InChI=1S/C6H12FNO/c1-5-3-8-4-6(2-7)9-5/h5-6,8H,2-4H2,1H3. The molecule has 0 radical (unpaired) electrons. The summed E-state index contributed by atoms with van der Waals surface area (Å²) in [4.78, 5) is 0. The van der Waals surface area contributed by atoms with Gasteiger partial charge in [-0.15, -0.1) is 0 Å². The van der Waals surface area contributed by atoms with Crippen molar-refractivity contribution in [2.24, 2.45) is 0 Å². The van der Waals surface area contributed by atoms with Gasteiger partial charge in [-0.1, -0.05) is 0 Å². The Hall–Kier alpha value is -0.150. The maximum absolute atomic E-state index is 11.9. The first kappa shape index (κ1) is 6.96. The molecule has 1 aliphatic heterocycles. The summed E-state index contributed by atoms with van der Waals surface area (Å²) in [7, 11) is 0. The van der Waals surface area contributed by atoms with Gasteiger partial charge in [0.2, 0.25) is 0 Å². The Morgan fingerprint density at radius 3 is 2.89 bits per heavy atom. The molecule has 0 aliphatic carbocycles. The molecular formula is C6H12FNO. The molecule has 54 valence electrons. The Balaban J connectivity index is 2.23. The fourth-order valence-electron chi connectivity index (χ4n) is 0.963. The van der Waals surface area contributed by atoms with Crippen LogP contribution in [0.3, 0.4) is 0 Å². The van der Waals surface area contributed by atoms with Gasteiger partial charge in [-0.2, -0.15) is 0 Å². The minimum atomic E-state index is -0.378. The van der Waals surface area contributed by atoms with Gasteiger partial charge in [0.1, 0.15) is 6.67 Å². The van der Waals surface area contributed by atoms with Crippen molar-refractivity contribution >= 4 is 0 Å². The second kappa shape index (κ2) is 3.13. The molecule has 9 heavy (non-hydrogen) atoms. The number of halogens is 1. The lowest BCUT2D eigenvalue weighted by Crippen LogP contribution is -2.44. The summed E-state index contributed by atoms with van der Waals surface area (Å²) in [6.07, 6.45) is -0.0479. The van der Waals surface area contributed by atoms with Crippen LogP contribution < -0.4 is 5.32 Å². The van der Waals surface area contributed by atoms with Crippen molar-refractivity contribution in [1.29, 1.82) is 0 Å². The molecule has 1 fully saturated rings. The Morgan fingerprint density at radius 2 is 2.44 bits per heavy atom. The highest BCUT2D eigenvalue weighted by Crippen LogP contribution is 2.02. The maximum atomic E-state index is 11.9. The van der Waals surface area contributed by atoms with E-state index in [0.717, 1.165) is 6.54 Å². The van der Waals surface area contributed by atoms with Crippen LogP contribution in [0.15, 0.2) is 0 Å². The minimum Gasteiger partial charge on any atom is -0.370 e. The van der Waals surface area contributed by atoms with Crippen LogP contribution in [0.2, 0.25) is 0 Å². The van der Waals surface area contributed by atoms with E-state index in [1.807, 2.05) is 6.92 Å². The lowest BCUT2D eigenvalue weighted by molar-refractivity contribution is -0.0375. The molecule has 0 amide bonds. The normalized spacial score (nSPS) is 36.7. The van der Waals surface area contributed by atoms with E-state index in [9.17, 15) is 4.39 Å². The van der Waals surface area contributed by atoms with Crippen molar-refractivity contribution in [3.05, 3.63) is 0 Å². The van der Waals surface area contributed by atoms with E-state index in [1.165, 1.54) is 0 Å². The van der Waals surface area contributed by atoms with Crippen molar-refractivity contribution in [2.45, 2.75) is 19.1 Å². The molecule has 2 unspecified atom stereocenters. The first-order chi connectivity index (χ1) is 4.33.